The zero-order chi connectivity index (χ0) is 20.1. The quantitative estimate of drug-likeness (QED) is 0.713. The predicted molar refractivity (Wildman–Crippen MR) is 113 cm³/mol. The van der Waals surface area contributed by atoms with Crippen LogP contribution in [-0.2, 0) is 16.7 Å². The predicted octanol–water partition coefficient (Wildman–Crippen LogP) is 4.18. The number of aryl methyl sites for hydroxylation is 1. The van der Waals surface area contributed by atoms with Crippen molar-refractivity contribution in [1.29, 1.82) is 0 Å². The first-order valence-corrected chi connectivity index (χ1v) is 10.4. The van der Waals surface area contributed by atoms with E-state index in [1.165, 1.54) is 19.3 Å². The van der Waals surface area contributed by atoms with Gasteiger partial charge in [-0.05, 0) is 48.6 Å². The highest BCUT2D eigenvalue weighted by Gasteiger charge is 2.47. The highest BCUT2D eigenvalue weighted by molar-refractivity contribution is 5.77. The lowest BCUT2D eigenvalue weighted by molar-refractivity contribution is 0.264. The van der Waals surface area contributed by atoms with Crippen molar-refractivity contribution in [2.45, 2.75) is 31.2 Å². The fraction of sp³-hybridized carbons (Fsp3) is 0.292. The normalized spacial score (nSPS) is 21.4. The molecule has 2 aliphatic heterocycles. The van der Waals surface area contributed by atoms with Crippen LogP contribution >= 0.6 is 0 Å². The number of rotatable bonds is 4. The lowest BCUT2D eigenvalue weighted by Gasteiger charge is -2.33. The summed E-state index contributed by atoms with van der Waals surface area (Å²) in [6, 6.07) is 12.4. The number of hydrogen-bond acceptors (Lipinski definition) is 6. The molecule has 150 valence electrons. The van der Waals surface area contributed by atoms with Gasteiger partial charge in [-0.15, -0.1) is 0 Å². The molecule has 3 aromatic rings. The van der Waals surface area contributed by atoms with E-state index in [-0.39, 0.29) is 6.02 Å². The Bertz CT molecular complexity index is 1160. The Morgan fingerprint density at radius 2 is 1.93 bits per heavy atom. The van der Waals surface area contributed by atoms with E-state index in [1.807, 2.05) is 36.7 Å². The first-order valence-electron chi connectivity index (χ1n) is 10.4. The summed E-state index contributed by atoms with van der Waals surface area (Å²) in [5, 5.41) is 0. The maximum atomic E-state index is 6.24. The molecule has 0 amide bonds. The molecule has 2 N–H and O–H groups in total. The average Bonchev–Trinajstić information content (AvgIpc) is 3.54. The Balaban J connectivity index is 1.48. The highest BCUT2D eigenvalue weighted by Crippen LogP contribution is 2.51. The largest absolute Gasteiger partial charge is 0.462 e. The van der Waals surface area contributed by atoms with Crippen LogP contribution in [0.2, 0.25) is 0 Å². The van der Waals surface area contributed by atoms with Crippen LogP contribution in [0.5, 0.6) is 11.5 Å². The molecule has 1 fully saturated rings. The second-order valence-corrected chi connectivity index (χ2v) is 8.31. The van der Waals surface area contributed by atoms with Crippen LogP contribution in [0.1, 0.15) is 36.1 Å². The first-order chi connectivity index (χ1) is 14.7. The minimum atomic E-state index is -0.720. The van der Waals surface area contributed by atoms with Gasteiger partial charge >= 0.3 is 0 Å². The molecule has 0 unspecified atom stereocenters. The Morgan fingerprint density at radius 1 is 1.03 bits per heavy atom. The van der Waals surface area contributed by atoms with Crippen LogP contribution in [0, 0.1) is 5.92 Å². The molecule has 4 heterocycles. The molecular formula is C24H22N4O2. The van der Waals surface area contributed by atoms with Gasteiger partial charge in [-0.2, -0.15) is 0 Å². The highest BCUT2D eigenvalue weighted by atomic mass is 16.5. The Labute approximate surface area is 174 Å². The van der Waals surface area contributed by atoms with Gasteiger partial charge in [-0.25, -0.2) is 4.99 Å². The number of hydrogen-bond donors (Lipinski definition) is 1. The summed E-state index contributed by atoms with van der Waals surface area (Å²) < 4.78 is 11.9. The van der Waals surface area contributed by atoms with Crippen LogP contribution in [0.15, 0.2) is 60.0 Å². The van der Waals surface area contributed by atoms with Crippen molar-refractivity contribution in [1.82, 2.24) is 9.97 Å². The number of amidine groups is 1. The van der Waals surface area contributed by atoms with E-state index in [0.29, 0.717) is 12.4 Å². The zero-order valence-electron chi connectivity index (χ0n) is 16.5. The molecule has 3 aliphatic rings. The summed E-state index contributed by atoms with van der Waals surface area (Å²) in [7, 11) is 0. The first kappa shape index (κ1) is 17.4. The van der Waals surface area contributed by atoms with E-state index in [9.17, 15) is 0 Å². The maximum Gasteiger partial charge on any atom is 0.283 e. The molecule has 2 aromatic heterocycles. The van der Waals surface area contributed by atoms with Gasteiger partial charge in [-0.3, -0.25) is 9.97 Å². The van der Waals surface area contributed by atoms with Gasteiger partial charge in [0.2, 0.25) is 0 Å². The molecule has 6 heteroatoms. The molecule has 1 spiro atoms. The van der Waals surface area contributed by atoms with E-state index in [1.54, 1.807) is 6.20 Å². The number of pyridine rings is 2. The Hall–Kier alpha value is -3.41. The van der Waals surface area contributed by atoms with Crippen molar-refractivity contribution in [3.63, 3.8) is 0 Å². The van der Waals surface area contributed by atoms with Gasteiger partial charge in [0.1, 0.15) is 12.4 Å². The number of fused-ring (bicyclic) bond motifs is 4. The Kier molecular flexibility index (Phi) is 3.81. The molecule has 0 saturated heterocycles. The van der Waals surface area contributed by atoms with E-state index >= 15 is 0 Å². The molecule has 1 aliphatic carbocycles. The molecular weight excluding hydrogens is 376 g/mol. The van der Waals surface area contributed by atoms with E-state index in [4.69, 9.17) is 20.2 Å². The summed E-state index contributed by atoms with van der Waals surface area (Å²) in [5.41, 5.74) is 10.4. The van der Waals surface area contributed by atoms with Crippen LogP contribution in [0.25, 0.3) is 11.1 Å². The van der Waals surface area contributed by atoms with Crippen molar-refractivity contribution in [3.05, 3.63) is 71.8 Å². The van der Waals surface area contributed by atoms with Gasteiger partial charge in [0.25, 0.3) is 6.02 Å². The summed E-state index contributed by atoms with van der Waals surface area (Å²) in [6.07, 6.45) is 10.3. The summed E-state index contributed by atoms with van der Waals surface area (Å²) >= 11 is 0. The van der Waals surface area contributed by atoms with Gasteiger partial charge in [0.05, 0.1) is 6.20 Å². The van der Waals surface area contributed by atoms with E-state index < -0.39 is 5.54 Å². The number of nitrogens with zero attached hydrogens (tertiary/aromatic N) is 3. The second-order valence-electron chi connectivity index (χ2n) is 8.31. The average molecular weight is 398 g/mol. The maximum absolute atomic E-state index is 6.24. The van der Waals surface area contributed by atoms with Gasteiger partial charge < -0.3 is 15.2 Å². The van der Waals surface area contributed by atoms with Crippen molar-refractivity contribution in [2.75, 3.05) is 6.61 Å². The van der Waals surface area contributed by atoms with Gasteiger partial charge in [0.15, 0.2) is 11.3 Å². The van der Waals surface area contributed by atoms with Gasteiger partial charge in [0, 0.05) is 34.8 Å². The van der Waals surface area contributed by atoms with E-state index in [2.05, 4.69) is 22.1 Å². The molecule has 1 saturated carbocycles. The van der Waals surface area contributed by atoms with E-state index in [0.717, 1.165) is 46.0 Å². The minimum absolute atomic E-state index is 0.205. The lowest BCUT2D eigenvalue weighted by atomic mass is 9.80. The fourth-order valence-corrected chi connectivity index (χ4v) is 4.41. The molecule has 0 radical (unpaired) electrons. The second kappa shape index (κ2) is 6.55. The van der Waals surface area contributed by atoms with Gasteiger partial charge in [-0.1, -0.05) is 25.0 Å². The third-order valence-electron chi connectivity index (χ3n) is 6.25. The smallest absolute Gasteiger partial charge is 0.283 e. The lowest BCUT2D eigenvalue weighted by Crippen LogP contribution is -2.31. The topological polar surface area (TPSA) is 82.6 Å². The van der Waals surface area contributed by atoms with Crippen molar-refractivity contribution < 1.29 is 9.47 Å². The number of ether oxygens (including phenoxy) is 2. The van der Waals surface area contributed by atoms with Crippen molar-refractivity contribution in [2.24, 2.45) is 16.6 Å². The van der Waals surface area contributed by atoms with Crippen LogP contribution in [-0.4, -0.2) is 22.6 Å². The fourth-order valence-electron chi connectivity index (χ4n) is 4.41. The third kappa shape index (κ3) is 2.83. The zero-order valence-corrected chi connectivity index (χ0v) is 16.5. The molecule has 6 nitrogen and oxygen atoms in total. The number of benzene rings is 1. The molecule has 0 bridgehead atoms. The molecule has 1 aromatic carbocycles. The Morgan fingerprint density at radius 3 is 2.70 bits per heavy atom. The summed E-state index contributed by atoms with van der Waals surface area (Å²) in [4.78, 5) is 13.7. The number of nitrogens with two attached hydrogens (primary N) is 1. The standard InChI is InChI=1S/C24H22N4O2/c25-23-28-24(14-29-23)19-10-16(17-2-1-9-26-12-17)6-8-21(19)30-22-13-27-18(11-20(22)24)7-5-15-3-4-15/h1-2,6,8-13,15H,3-5,7,14H2,(H2,25,28)/t24-/m0/s1. The van der Waals surface area contributed by atoms with Crippen LogP contribution < -0.4 is 10.5 Å². The monoisotopic (exact) mass is 398 g/mol. The minimum Gasteiger partial charge on any atom is -0.462 e. The van der Waals surface area contributed by atoms with Crippen molar-refractivity contribution in [3.8, 4) is 22.6 Å². The molecule has 6 rings (SSSR count). The number of aliphatic imine (C=N–C) groups is 1. The molecule has 30 heavy (non-hydrogen) atoms. The molecule has 1 atom stereocenters. The van der Waals surface area contributed by atoms with Crippen molar-refractivity contribution >= 4 is 6.02 Å². The number of aromatic nitrogens is 2. The summed E-state index contributed by atoms with van der Waals surface area (Å²) in [6.45, 7) is 0.352. The van der Waals surface area contributed by atoms with Crippen LogP contribution in [0.3, 0.4) is 0 Å². The van der Waals surface area contributed by atoms with Crippen LogP contribution in [0.4, 0.5) is 0 Å². The SMILES string of the molecule is NC1=N[C@@]2(CO1)c1cc(-c3cccnc3)ccc1Oc1cnc(CCC3CC3)cc12. The third-order valence-corrected chi connectivity index (χ3v) is 6.25. The summed E-state index contributed by atoms with van der Waals surface area (Å²) in [5.74, 6) is 2.33.